The molecule has 0 radical (unpaired) electrons. The van der Waals surface area contributed by atoms with Crippen LogP contribution in [-0.4, -0.2) is 30.5 Å². The van der Waals surface area contributed by atoms with Gasteiger partial charge in [-0.05, 0) is 36.2 Å². The monoisotopic (exact) mass is 333 g/mol. The molecule has 0 aliphatic heterocycles. The Bertz CT molecular complexity index is 776. The SMILES string of the molecule is CCCC(NC(=O)c1ccncc1)c1ccnc(S(C)(=O)=O)c1. The smallest absolute Gasteiger partial charge is 0.251 e. The number of amides is 1. The second-order valence-corrected chi connectivity index (χ2v) is 7.21. The molecule has 0 aromatic carbocycles. The molecule has 1 atom stereocenters. The molecule has 1 amide bonds. The minimum Gasteiger partial charge on any atom is -0.345 e. The quantitative estimate of drug-likeness (QED) is 0.875. The normalized spacial score (nSPS) is 12.6. The van der Waals surface area contributed by atoms with E-state index in [1.807, 2.05) is 6.92 Å². The fourth-order valence-electron chi connectivity index (χ4n) is 2.20. The van der Waals surface area contributed by atoms with Crippen LogP contribution in [0.2, 0.25) is 0 Å². The number of carbonyl (C=O) groups is 1. The van der Waals surface area contributed by atoms with E-state index in [0.717, 1.165) is 18.2 Å². The minimum atomic E-state index is -3.39. The van der Waals surface area contributed by atoms with Gasteiger partial charge in [-0.2, -0.15) is 0 Å². The van der Waals surface area contributed by atoms with Crippen molar-refractivity contribution in [2.45, 2.75) is 30.8 Å². The Morgan fingerprint density at radius 2 is 1.91 bits per heavy atom. The van der Waals surface area contributed by atoms with E-state index in [-0.39, 0.29) is 17.0 Å². The summed E-state index contributed by atoms with van der Waals surface area (Å²) in [4.78, 5) is 20.1. The lowest BCUT2D eigenvalue weighted by molar-refractivity contribution is 0.0934. The summed E-state index contributed by atoms with van der Waals surface area (Å²) in [7, 11) is -3.39. The second kappa shape index (κ2) is 7.32. The van der Waals surface area contributed by atoms with Crippen LogP contribution in [0.15, 0.2) is 47.9 Å². The molecule has 0 saturated heterocycles. The van der Waals surface area contributed by atoms with Crippen LogP contribution in [-0.2, 0) is 9.84 Å². The molecular weight excluding hydrogens is 314 g/mol. The van der Waals surface area contributed by atoms with Gasteiger partial charge in [-0.15, -0.1) is 0 Å². The van der Waals surface area contributed by atoms with Gasteiger partial charge in [-0.3, -0.25) is 9.78 Å². The van der Waals surface area contributed by atoms with Crippen molar-refractivity contribution in [3.8, 4) is 0 Å². The maximum absolute atomic E-state index is 12.3. The fourth-order valence-corrected chi connectivity index (χ4v) is 2.80. The minimum absolute atomic E-state index is 0.00858. The molecule has 2 aromatic heterocycles. The van der Waals surface area contributed by atoms with Crippen LogP contribution >= 0.6 is 0 Å². The van der Waals surface area contributed by atoms with E-state index in [1.165, 1.54) is 12.3 Å². The molecule has 23 heavy (non-hydrogen) atoms. The molecule has 2 aromatic rings. The molecular formula is C16H19N3O3S. The molecule has 7 heteroatoms. The van der Waals surface area contributed by atoms with Crippen molar-refractivity contribution in [3.63, 3.8) is 0 Å². The average molecular weight is 333 g/mol. The summed E-state index contributed by atoms with van der Waals surface area (Å²) in [5, 5.41) is 2.95. The van der Waals surface area contributed by atoms with Gasteiger partial charge >= 0.3 is 0 Å². The third kappa shape index (κ3) is 4.59. The lowest BCUT2D eigenvalue weighted by Gasteiger charge is -2.19. The Hall–Kier alpha value is -2.28. The third-order valence-electron chi connectivity index (χ3n) is 3.37. The summed E-state index contributed by atoms with van der Waals surface area (Å²) in [6, 6.07) is 6.23. The number of nitrogens with zero attached hydrogens (tertiary/aromatic N) is 2. The van der Waals surface area contributed by atoms with Gasteiger partial charge in [0.1, 0.15) is 0 Å². The summed E-state index contributed by atoms with van der Waals surface area (Å²) in [5.41, 5.74) is 1.24. The van der Waals surface area contributed by atoms with Crippen molar-refractivity contribution in [1.82, 2.24) is 15.3 Å². The molecule has 1 unspecified atom stereocenters. The van der Waals surface area contributed by atoms with Gasteiger partial charge < -0.3 is 5.32 Å². The predicted octanol–water partition coefficient (Wildman–Crippen LogP) is 2.15. The van der Waals surface area contributed by atoms with Gasteiger partial charge in [0.25, 0.3) is 5.91 Å². The van der Waals surface area contributed by atoms with Gasteiger partial charge in [-0.25, -0.2) is 13.4 Å². The van der Waals surface area contributed by atoms with E-state index in [2.05, 4.69) is 15.3 Å². The van der Waals surface area contributed by atoms with E-state index in [0.29, 0.717) is 12.0 Å². The molecule has 0 bridgehead atoms. The Labute approximate surface area is 135 Å². The van der Waals surface area contributed by atoms with Crippen LogP contribution < -0.4 is 5.32 Å². The summed E-state index contributed by atoms with van der Waals surface area (Å²) in [6.07, 6.45) is 7.22. The molecule has 0 fully saturated rings. The first-order valence-corrected chi connectivity index (χ1v) is 9.18. The van der Waals surface area contributed by atoms with Crippen LogP contribution in [0.3, 0.4) is 0 Å². The number of nitrogens with one attached hydrogen (secondary N) is 1. The highest BCUT2D eigenvalue weighted by Gasteiger charge is 2.18. The van der Waals surface area contributed by atoms with Crippen molar-refractivity contribution in [2.75, 3.05) is 6.26 Å². The second-order valence-electron chi connectivity index (χ2n) is 5.25. The van der Waals surface area contributed by atoms with Crippen molar-refractivity contribution in [3.05, 3.63) is 54.0 Å². The largest absolute Gasteiger partial charge is 0.345 e. The maximum atomic E-state index is 12.3. The molecule has 2 heterocycles. The average Bonchev–Trinajstić information content (AvgIpc) is 2.54. The zero-order chi connectivity index (χ0) is 16.9. The van der Waals surface area contributed by atoms with Gasteiger partial charge in [-0.1, -0.05) is 13.3 Å². The zero-order valence-electron chi connectivity index (χ0n) is 13.1. The number of hydrogen-bond donors (Lipinski definition) is 1. The molecule has 0 aliphatic carbocycles. The van der Waals surface area contributed by atoms with Crippen LogP contribution in [0.5, 0.6) is 0 Å². The molecule has 2 rings (SSSR count). The number of hydrogen-bond acceptors (Lipinski definition) is 5. The Morgan fingerprint density at radius 1 is 1.22 bits per heavy atom. The molecule has 6 nitrogen and oxygen atoms in total. The first kappa shape index (κ1) is 17.1. The first-order valence-electron chi connectivity index (χ1n) is 7.28. The summed E-state index contributed by atoms with van der Waals surface area (Å²) < 4.78 is 23.3. The third-order valence-corrected chi connectivity index (χ3v) is 4.35. The predicted molar refractivity (Wildman–Crippen MR) is 86.7 cm³/mol. The summed E-state index contributed by atoms with van der Waals surface area (Å²) in [6.45, 7) is 2.00. The molecule has 0 saturated carbocycles. The molecule has 0 spiro atoms. The van der Waals surface area contributed by atoms with Gasteiger partial charge in [0.15, 0.2) is 14.9 Å². The van der Waals surface area contributed by atoms with E-state index < -0.39 is 9.84 Å². The number of sulfone groups is 1. The topological polar surface area (TPSA) is 89.0 Å². The van der Waals surface area contributed by atoms with Crippen molar-refractivity contribution in [2.24, 2.45) is 0 Å². The lowest BCUT2D eigenvalue weighted by Crippen LogP contribution is -2.28. The summed E-state index contributed by atoms with van der Waals surface area (Å²) in [5.74, 6) is -0.219. The highest BCUT2D eigenvalue weighted by atomic mass is 32.2. The number of rotatable bonds is 6. The maximum Gasteiger partial charge on any atom is 0.251 e. The molecule has 0 aliphatic rings. The Kier molecular flexibility index (Phi) is 5.44. The first-order chi connectivity index (χ1) is 10.9. The van der Waals surface area contributed by atoms with Crippen LogP contribution in [0, 0.1) is 0 Å². The fraction of sp³-hybridized carbons (Fsp3) is 0.312. The van der Waals surface area contributed by atoms with Gasteiger partial charge in [0.2, 0.25) is 0 Å². The number of aromatic nitrogens is 2. The van der Waals surface area contributed by atoms with Crippen LogP contribution in [0.1, 0.15) is 41.7 Å². The standard InChI is InChI=1S/C16H19N3O3S/c1-3-4-14(19-16(20)12-5-8-17-9-6-12)13-7-10-18-15(11-13)23(2,21)22/h5-11,14H,3-4H2,1-2H3,(H,19,20). The zero-order valence-corrected chi connectivity index (χ0v) is 13.9. The lowest BCUT2D eigenvalue weighted by atomic mass is 10.0. The highest BCUT2D eigenvalue weighted by Crippen LogP contribution is 2.21. The van der Waals surface area contributed by atoms with Crippen molar-refractivity contribution in [1.29, 1.82) is 0 Å². The Balaban J connectivity index is 2.27. The van der Waals surface area contributed by atoms with Gasteiger partial charge in [0.05, 0.1) is 6.04 Å². The van der Waals surface area contributed by atoms with Crippen LogP contribution in [0.4, 0.5) is 0 Å². The van der Waals surface area contributed by atoms with Gasteiger partial charge in [0, 0.05) is 30.4 Å². The van der Waals surface area contributed by atoms with E-state index in [4.69, 9.17) is 0 Å². The van der Waals surface area contributed by atoms with Crippen molar-refractivity contribution < 1.29 is 13.2 Å². The Morgan fingerprint density at radius 3 is 2.52 bits per heavy atom. The van der Waals surface area contributed by atoms with Crippen molar-refractivity contribution >= 4 is 15.7 Å². The van der Waals surface area contributed by atoms with Crippen LogP contribution in [0.25, 0.3) is 0 Å². The number of pyridine rings is 2. The molecule has 1 N–H and O–H groups in total. The number of carbonyl (C=O) groups excluding carboxylic acids is 1. The van der Waals surface area contributed by atoms with E-state index >= 15 is 0 Å². The van der Waals surface area contributed by atoms with E-state index in [1.54, 1.807) is 30.6 Å². The highest BCUT2D eigenvalue weighted by molar-refractivity contribution is 7.90. The van der Waals surface area contributed by atoms with E-state index in [9.17, 15) is 13.2 Å². The molecule has 122 valence electrons. The summed E-state index contributed by atoms with van der Waals surface area (Å²) >= 11 is 0.